The Morgan fingerprint density at radius 3 is 2.33 bits per heavy atom. The Balaban J connectivity index is 2.72. The summed E-state index contributed by atoms with van der Waals surface area (Å²) in [5, 5.41) is 9.66. The highest BCUT2D eigenvalue weighted by Crippen LogP contribution is 2.43. The van der Waals surface area contributed by atoms with Crippen molar-refractivity contribution in [1.82, 2.24) is 9.97 Å². The van der Waals surface area contributed by atoms with Gasteiger partial charge in [0.1, 0.15) is 10.3 Å². The summed E-state index contributed by atoms with van der Waals surface area (Å²) >= 11 is 2.94. The molecule has 1 aromatic heterocycles. The Bertz CT molecular complexity index is 729. The fourth-order valence-electron chi connectivity index (χ4n) is 1.86. The maximum atomic E-state index is 11.7. The number of halogens is 1. The molecule has 21 heavy (non-hydrogen) atoms. The zero-order chi connectivity index (χ0) is 15.6. The van der Waals surface area contributed by atoms with Gasteiger partial charge >= 0.3 is 0 Å². The second-order valence-corrected chi connectivity index (χ2v) is 4.73. The lowest BCUT2D eigenvalue weighted by atomic mass is 10.1. The van der Waals surface area contributed by atoms with Gasteiger partial charge in [0.05, 0.1) is 26.9 Å². The van der Waals surface area contributed by atoms with Crippen molar-refractivity contribution in [3.63, 3.8) is 0 Å². The summed E-state index contributed by atoms with van der Waals surface area (Å²) in [4.78, 5) is 18.2. The van der Waals surface area contributed by atoms with E-state index >= 15 is 0 Å². The van der Waals surface area contributed by atoms with Gasteiger partial charge in [0.15, 0.2) is 11.5 Å². The first-order valence-corrected chi connectivity index (χ1v) is 6.60. The third kappa shape index (κ3) is 2.66. The van der Waals surface area contributed by atoms with Crippen LogP contribution in [0.2, 0.25) is 0 Å². The smallest absolute Gasteiger partial charge is 0.269 e. The van der Waals surface area contributed by atoms with Gasteiger partial charge in [-0.1, -0.05) is 0 Å². The lowest BCUT2D eigenvalue weighted by molar-refractivity contribution is 0.325. The third-order valence-corrected chi connectivity index (χ3v) is 3.52. The number of aromatic nitrogens is 2. The molecule has 0 atom stereocenters. The number of rotatable bonds is 4. The molecule has 0 aliphatic heterocycles. The molecule has 0 radical (unpaired) electrons. The predicted molar refractivity (Wildman–Crippen MR) is 79.3 cm³/mol. The van der Waals surface area contributed by atoms with Crippen LogP contribution in [-0.4, -0.2) is 36.4 Å². The lowest BCUT2D eigenvalue weighted by Gasteiger charge is -2.15. The molecule has 0 saturated carbocycles. The third-order valence-electron chi connectivity index (χ3n) is 2.80. The standard InChI is InChI=1S/C13H13BrN2O5/c1-19-7-5-4-6(9(20-2)10(7)21-3)11-15-12(17)8(14)13(18)16-11/h4-5H,1-3H3,(H2,15,16,17,18). The minimum atomic E-state index is -0.505. The second kappa shape index (κ2) is 6.04. The Morgan fingerprint density at radius 2 is 1.81 bits per heavy atom. The minimum Gasteiger partial charge on any atom is -0.493 e. The van der Waals surface area contributed by atoms with Gasteiger partial charge in [-0.2, -0.15) is 4.98 Å². The highest BCUT2D eigenvalue weighted by Gasteiger charge is 2.19. The van der Waals surface area contributed by atoms with Crippen LogP contribution in [0.3, 0.4) is 0 Å². The maximum Gasteiger partial charge on any atom is 0.269 e. The molecule has 0 bridgehead atoms. The molecule has 0 aliphatic carbocycles. The first-order chi connectivity index (χ1) is 10.0. The maximum absolute atomic E-state index is 11.7. The van der Waals surface area contributed by atoms with Crippen molar-refractivity contribution in [3.05, 3.63) is 27.0 Å². The van der Waals surface area contributed by atoms with Crippen LogP contribution >= 0.6 is 15.9 Å². The summed E-state index contributed by atoms with van der Waals surface area (Å²) in [5.41, 5.74) is -0.0515. The molecule has 2 N–H and O–H groups in total. The SMILES string of the molecule is COc1ccc(-c2nc(O)c(Br)c(=O)[nH]2)c(OC)c1OC. The van der Waals surface area contributed by atoms with E-state index in [9.17, 15) is 9.90 Å². The molecular formula is C13H13BrN2O5. The number of nitrogens with zero attached hydrogens (tertiary/aromatic N) is 1. The van der Waals surface area contributed by atoms with E-state index in [1.807, 2.05) is 0 Å². The number of aromatic hydroxyl groups is 1. The van der Waals surface area contributed by atoms with Crippen LogP contribution in [0.4, 0.5) is 0 Å². The fourth-order valence-corrected chi connectivity index (χ4v) is 2.05. The van der Waals surface area contributed by atoms with Gasteiger partial charge in [0.25, 0.3) is 5.56 Å². The van der Waals surface area contributed by atoms with Crippen LogP contribution in [0.5, 0.6) is 23.1 Å². The Hall–Kier alpha value is -2.22. The van der Waals surface area contributed by atoms with Crippen molar-refractivity contribution in [2.75, 3.05) is 21.3 Å². The molecule has 8 heteroatoms. The summed E-state index contributed by atoms with van der Waals surface area (Å²) in [6.07, 6.45) is 0. The number of nitrogens with one attached hydrogen (secondary N) is 1. The molecule has 0 fully saturated rings. The molecule has 0 spiro atoms. The van der Waals surface area contributed by atoms with Crippen molar-refractivity contribution in [2.24, 2.45) is 0 Å². The van der Waals surface area contributed by atoms with E-state index in [1.165, 1.54) is 21.3 Å². The van der Waals surface area contributed by atoms with Gasteiger partial charge in [-0.05, 0) is 28.1 Å². The van der Waals surface area contributed by atoms with E-state index < -0.39 is 11.4 Å². The average Bonchev–Trinajstić information content (AvgIpc) is 2.50. The number of hydrogen-bond acceptors (Lipinski definition) is 6. The van der Waals surface area contributed by atoms with Crippen molar-refractivity contribution < 1.29 is 19.3 Å². The van der Waals surface area contributed by atoms with E-state index in [0.717, 1.165) is 0 Å². The zero-order valence-electron chi connectivity index (χ0n) is 11.6. The van der Waals surface area contributed by atoms with Crippen LogP contribution in [0.1, 0.15) is 0 Å². The van der Waals surface area contributed by atoms with E-state index in [-0.39, 0.29) is 10.3 Å². The Labute approximate surface area is 128 Å². The summed E-state index contributed by atoms with van der Waals surface area (Å²) < 4.78 is 15.7. The molecule has 1 aromatic carbocycles. The van der Waals surface area contributed by atoms with Gasteiger partial charge in [-0.3, -0.25) is 4.79 Å². The average molecular weight is 357 g/mol. The molecule has 7 nitrogen and oxygen atoms in total. The van der Waals surface area contributed by atoms with Crippen LogP contribution in [0.15, 0.2) is 21.4 Å². The first kappa shape index (κ1) is 15.2. The van der Waals surface area contributed by atoms with E-state index in [0.29, 0.717) is 22.8 Å². The number of benzene rings is 1. The van der Waals surface area contributed by atoms with Crippen molar-refractivity contribution in [2.45, 2.75) is 0 Å². The number of ether oxygens (including phenoxy) is 3. The Morgan fingerprint density at radius 1 is 1.14 bits per heavy atom. The fraction of sp³-hybridized carbons (Fsp3) is 0.231. The molecule has 2 rings (SSSR count). The zero-order valence-corrected chi connectivity index (χ0v) is 13.1. The van der Waals surface area contributed by atoms with Crippen LogP contribution < -0.4 is 19.8 Å². The van der Waals surface area contributed by atoms with Crippen LogP contribution in [0.25, 0.3) is 11.4 Å². The van der Waals surface area contributed by atoms with E-state index in [4.69, 9.17) is 14.2 Å². The Kier molecular flexibility index (Phi) is 4.37. The van der Waals surface area contributed by atoms with Crippen molar-refractivity contribution >= 4 is 15.9 Å². The number of H-pyrrole nitrogens is 1. The molecule has 2 aromatic rings. The molecule has 0 unspecified atom stereocenters. The quantitative estimate of drug-likeness (QED) is 0.869. The first-order valence-electron chi connectivity index (χ1n) is 5.81. The molecule has 112 valence electrons. The van der Waals surface area contributed by atoms with Gasteiger partial charge in [0.2, 0.25) is 11.6 Å². The van der Waals surface area contributed by atoms with E-state index in [1.54, 1.807) is 12.1 Å². The largest absolute Gasteiger partial charge is 0.493 e. The summed E-state index contributed by atoms with van der Waals surface area (Å²) in [6, 6.07) is 3.29. The van der Waals surface area contributed by atoms with Crippen LogP contribution in [-0.2, 0) is 0 Å². The van der Waals surface area contributed by atoms with Gasteiger partial charge < -0.3 is 24.3 Å². The van der Waals surface area contributed by atoms with Gasteiger partial charge in [-0.15, -0.1) is 0 Å². The summed E-state index contributed by atoms with van der Waals surface area (Å²) in [5.74, 6) is 0.912. The van der Waals surface area contributed by atoms with Crippen LogP contribution in [0, 0.1) is 0 Å². The number of hydrogen-bond donors (Lipinski definition) is 2. The highest BCUT2D eigenvalue weighted by atomic mass is 79.9. The van der Waals surface area contributed by atoms with E-state index in [2.05, 4.69) is 25.9 Å². The predicted octanol–water partition coefficient (Wildman–Crippen LogP) is 1.93. The minimum absolute atomic E-state index is 0.0364. The van der Waals surface area contributed by atoms with Gasteiger partial charge in [0, 0.05) is 0 Å². The molecule has 1 heterocycles. The summed E-state index contributed by atoms with van der Waals surface area (Å²) in [6.45, 7) is 0. The van der Waals surface area contributed by atoms with Gasteiger partial charge in [-0.25, -0.2) is 0 Å². The normalized spacial score (nSPS) is 10.3. The topological polar surface area (TPSA) is 93.7 Å². The molecule has 0 amide bonds. The monoisotopic (exact) mass is 356 g/mol. The lowest BCUT2D eigenvalue weighted by Crippen LogP contribution is -2.10. The van der Waals surface area contributed by atoms with Crippen molar-refractivity contribution in [3.8, 4) is 34.5 Å². The summed E-state index contributed by atoms with van der Waals surface area (Å²) in [7, 11) is 4.43. The number of methoxy groups -OCH3 is 3. The van der Waals surface area contributed by atoms with Crippen molar-refractivity contribution in [1.29, 1.82) is 0 Å². The highest BCUT2D eigenvalue weighted by molar-refractivity contribution is 9.10. The number of aromatic amines is 1. The molecule has 0 saturated heterocycles. The molecular weight excluding hydrogens is 344 g/mol. The second-order valence-electron chi connectivity index (χ2n) is 3.93. The molecule has 0 aliphatic rings.